The van der Waals surface area contributed by atoms with Crippen molar-refractivity contribution in [1.29, 1.82) is 5.26 Å². The first-order chi connectivity index (χ1) is 11.6. The monoisotopic (exact) mass is 318 g/mol. The summed E-state index contributed by atoms with van der Waals surface area (Å²) >= 11 is 0. The first kappa shape index (κ1) is 15.7. The Balaban J connectivity index is 2.18. The topological polar surface area (TPSA) is 45.8 Å². The van der Waals surface area contributed by atoms with Crippen LogP contribution in [0.3, 0.4) is 0 Å². The van der Waals surface area contributed by atoms with Crippen molar-refractivity contribution in [2.75, 3.05) is 0 Å². The maximum absolute atomic E-state index is 14.0. The van der Waals surface area contributed by atoms with Gasteiger partial charge in [-0.3, -0.25) is 4.79 Å². The van der Waals surface area contributed by atoms with Crippen LogP contribution in [-0.2, 0) is 6.54 Å². The molecule has 2 aromatic carbocycles. The number of rotatable bonds is 3. The lowest BCUT2D eigenvalue weighted by atomic mass is 10.1. The Morgan fingerprint density at radius 2 is 1.75 bits per heavy atom. The molecule has 0 saturated heterocycles. The van der Waals surface area contributed by atoms with E-state index in [9.17, 15) is 9.18 Å². The molecule has 0 amide bonds. The third-order valence-corrected chi connectivity index (χ3v) is 3.93. The van der Waals surface area contributed by atoms with Crippen LogP contribution in [0.25, 0.3) is 11.3 Å². The van der Waals surface area contributed by atoms with Gasteiger partial charge in [-0.15, -0.1) is 0 Å². The van der Waals surface area contributed by atoms with Crippen LogP contribution in [0.4, 0.5) is 4.39 Å². The highest BCUT2D eigenvalue weighted by Crippen LogP contribution is 2.20. The van der Waals surface area contributed by atoms with Gasteiger partial charge in [-0.25, -0.2) is 4.39 Å². The van der Waals surface area contributed by atoms with Crippen molar-refractivity contribution in [2.24, 2.45) is 0 Å². The molecular formula is C20H15FN2O. The van der Waals surface area contributed by atoms with E-state index < -0.39 is 5.56 Å². The number of nitrogens with zero attached hydrogens (tertiary/aromatic N) is 2. The Kier molecular flexibility index (Phi) is 4.26. The molecule has 118 valence electrons. The molecule has 0 fully saturated rings. The van der Waals surface area contributed by atoms with Crippen LogP contribution < -0.4 is 5.56 Å². The van der Waals surface area contributed by atoms with E-state index in [1.807, 2.05) is 37.3 Å². The van der Waals surface area contributed by atoms with E-state index in [2.05, 4.69) is 0 Å². The first-order valence-electron chi connectivity index (χ1n) is 7.54. The predicted octanol–water partition coefficient (Wildman–Crippen LogP) is 3.88. The van der Waals surface area contributed by atoms with Crippen LogP contribution in [0.1, 0.15) is 16.7 Å². The Bertz CT molecular complexity index is 982. The van der Waals surface area contributed by atoms with Gasteiger partial charge in [-0.05, 0) is 30.7 Å². The van der Waals surface area contributed by atoms with Crippen molar-refractivity contribution >= 4 is 0 Å². The molecule has 0 N–H and O–H groups in total. The third kappa shape index (κ3) is 2.97. The molecule has 0 unspecified atom stereocenters. The smallest absolute Gasteiger partial charge is 0.269 e. The number of hydrogen-bond donors (Lipinski definition) is 0. The van der Waals surface area contributed by atoms with Crippen molar-refractivity contribution in [1.82, 2.24) is 4.57 Å². The molecule has 24 heavy (non-hydrogen) atoms. The van der Waals surface area contributed by atoms with Crippen LogP contribution in [-0.4, -0.2) is 4.57 Å². The van der Waals surface area contributed by atoms with Crippen LogP contribution >= 0.6 is 0 Å². The number of pyridine rings is 1. The van der Waals surface area contributed by atoms with Gasteiger partial charge in [0.15, 0.2) is 0 Å². The highest BCUT2D eigenvalue weighted by atomic mass is 19.1. The van der Waals surface area contributed by atoms with Gasteiger partial charge in [0, 0.05) is 5.56 Å². The van der Waals surface area contributed by atoms with Gasteiger partial charge in [-0.1, -0.05) is 48.0 Å². The van der Waals surface area contributed by atoms with Crippen molar-refractivity contribution in [2.45, 2.75) is 13.5 Å². The molecule has 0 radical (unpaired) electrons. The fraction of sp³-hybridized carbons (Fsp3) is 0.100. The summed E-state index contributed by atoms with van der Waals surface area (Å²) in [5, 5.41) is 9.12. The molecule has 0 spiro atoms. The zero-order valence-electron chi connectivity index (χ0n) is 13.2. The summed E-state index contributed by atoms with van der Waals surface area (Å²) in [6.45, 7) is 2.05. The number of hydrogen-bond acceptors (Lipinski definition) is 2. The minimum atomic E-state index is -0.418. The predicted molar refractivity (Wildman–Crippen MR) is 91.1 cm³/mol. The Morgan fingerprint density at radius 3 is 2.42 bits per heavy atom. The van der Waals surface area contributed by atoms with E-state index in [0.717, 1.165) is 11.1 Å². The van der Waals surface area contributed by atoms with Gasteiger partial charge < -0.3 is 4.57 Å². The van der Waals surface area contributed by atoms with E-state index in [-0.39, 0.29) is 17.9 Å². The van der Waals surface area contributed by atoms with Gasteiger partial charge >= 0.3 is 0 Å². The molecule has 0 aliphatic heterocycles. The quantitative estimate of drug-likeness (QED) is 0.735. The fourth-order valence-electron chi connectivity index (χ4n) is 2.59. The molecule has 0 atom stereocenters. The molecule has 0 aliphatic carbocycles. The molecule has 0 saturated carbocycles. The minimum Gasteiger partial charge on any atom is -0.303 e. The standard InChI is InChI=1S/C20H15FN2O/c1-14-6-8-15(9-7-14)19-11-10-16(12-22)20(24)23(19)13-17-4-2-3-5-18(17)21/h2-11H,13H2,1H3. The third-order valence-electron chi connectivity index (χ3n) is 3.93. The number of benzene rings is 2. The lowest BCUT2D eigenvalue weighted by Gasteiger charge is -2.14. The normalized spacial score (nSPS) is 10.4. The van der Waals surface area contributed by atoms with E-state index in [4.69, 9.17) is 5.26 Å². The van der Waals surface area contributed by atoms with Crippen molar-refractivity contribution in [3.8, 4) is 17.3 Å². The second-order valence-electron chi connectivity index (χ2n) is 5.59. The Labute approximate surface area is 139 Å². The SMILES string of the molecule is Cc1ccc(-c2ccc(C#N)c(=O)n2Cc2ccccc2F)cc1. The molecule has 0 bridgehead atoms. The minimum absolute atomic E-state index is 0.0437. The highest BCUT2D eigenvalue weighted by Gasteiger charge is 2.12. The summed E-state index contributed by atoms with van der Waals surface area (Å²) in [6, 6.07) is 19.2. The Hall–Kier alpha value is -3.19. The summed E-state index contributed by atoms with van der Waals surface area (Å²) in [5.41, 5.74) is 2.64. The first-order valence-corrected chi connectivity index (χ1v) is 7.54. The zero-order valence-corrected chi connectivity index (χ0v) is 13.2. The lowest BCUT2D eigenvalue weighted by Crippen LogP contribution is -2.25. The van der Waals surface area contributed by atoms with Gasteiger partial charge in [-0.2, -0.15) is 5.26 Å². The van der Waals surface area contributed by atoms with E-state index in [0.29, 0.717) is 11.3 Å². The summed E-state index contributed by atoms with van der Waals surface area (Å²) in [5.74, 6) is -0.374. The number of nitriles is 1. The molecule has 1 heterocycles. The zero-order chi connectivity index (χ0) is 17.1. The van der Waals surface area contributed by atoms with Gasteiger partial charge in [0.1, 0.15) is 17.4 Å². The number of aromatic nitrogens is 1. The van der Waals surface area contributed by atoms with Gasteiger partial charge in [0.05, 0.1) is 12.2 Å². The van der Waals surface area contributed by atoms with Crippen LogP contribution in [0.5, 0.6) is 0 Å². The summed E-state index contributed by atoms with van der Waals surface area (Å²) in [6.07, 6.45) is 0. The second-order valence-corrected chi connectivity index (χ2v) is 5.59. The average molecular weight is 318 g/mol. The largest absolute Gasteiger partial charge is 0.303 e. The molecule has 1 aromatic heterocycles. The molecule has 0 aliphatic rings. The van der Waals surface area contributed by atoms with Crippen molar-refractivity contribution < 1.29 is 4.39 Å². The summed E-state index contributed by atoms with van der Waals surface area (Å²) in [4.78, 5) is 12.6. The van der Waals surface area contributed by atoms with E-state index >= 15 is 0 Å². The van der Waals surface area contributed by atoms with Crippen LogP contribution in [0, 0.1) is 24.1 Å². The van der Waals surface area contributed by atoms with E-state index in [1.54, 1.807) is 24.3 Å². The summed E-state index contributed by atoms with van der Waals surface area (Å²) in [7, 11) is 0. The average Bonchev–Trinajstić information content (AvgIpc) is 2.59. The second kappa shape index (κ2) is 6.51. The number of aryl methyl sites for hydroxylation is 1. The van der Waals surface area contributed by atoms with E-state index in [1.165, 1.54) is 16.7 Å². The van der Waals surface area contributed by atoms with Gasteiger partial charge in [0.2, 0.25) is 0 Å². The maximum Gasteiger partial charge on any atom is 0.269 e. The molecular weight excluding hydrogens is 303 g/mol. The molecule has 4 heteroatoms. The van der Waals surface area contributed by atoms with Crippen LogP contribution in [0.15, 0.2) is 65.5 Å². The maximum atomic E-state index is 14.0. The van der Waals surface area contributed by atoms with Crippen molar-refractivity contribution in [3.63, 3.8) is 0 Å². The lowest BCUT2D eigenvalue weighted by molar-refractivity contribution is 0.597. The van der Waals surface area contributed by atoms with Gasteiger partial charge in [0.25, 0.3) is 5.56 Å². The number of halogens is 1. The van der Waals surface area contributed by atoms with Crippen molar-refractivity contribution in [3.05, 3.63) is 93.5 Å². The molecule has 3 nitrogen and oxygen atoms in total. The Morgan fingerprint density at radius 1 is 1.04 bits per heavy atom. The molecule has 3 aromatic rings. The fourth-order valence-corrected chi connectivity index (χ4v) is 2.59. The van der Waals surface area contributed by atoms with Crippen LogP contribution in [0.2, 0.25) is 0 Å². The summed E-state index contributed by atoms with van der Waals surface area (Å²) < 4.78 is 15.4. The molecule has 3 rings (SSSR count). The highest BCUT2D eigenvalue weighted by molar-refractivity contribution is 5.61.